The molecule has 0 N–H and O–H groups in total. The van der Waals surface area contributed by atoms with Crippen molar-refractivity contribution in [2.24, 2.45) is 0 Å². The highest BCUT2D eigenvalue weighted by atomic mass is 15.1. The summed E-state index contributed by atoms with van der Waals surface area (Å²) in [6.45, 7) is 0. The number of hydrogen-bond donors (Lipinski definition) is 0. The first-order valence-electron chi connectivity index (χ1n) is 42.3. The van der Waals surface area contributed by atoms with Crippen LogP contribution in [-0.2, 0) is 0 Å². The molecule has 0 saturated carbocycles. The summed E-state index contributed by atoms with van der Waals surface area (Å²) in [4.78, 5) is 44.8. The molecule has 3 heterocycles. The van der Waals surface area contributed by atoms with E-state index in [2.05, 4.69) is 279 Å². The molecule has 9 nitrogen and oxygen atoms in total. The van der Waals surface area contributed by atoms with E-state index in [1.807, 2.05) is 188 Å². The van der Waals surface area contributed by atoms with Gasteiger partial charge in [-0.25, -0.2) is 44.9 Å². The number of nitrogens with zero attached hydrogens (tertiary/aromatic N) is 9. The molecule has 0 bridgehead atoms. The molecule has 0 aliphatic rings. The van der Waals surface area contributed by atoms with Gasteiger partial charge in [-0.2, -0.15) is 0 Å². The van der Waals surface area contributed by atoms with Gasteiger partial charge in [-0.05, 0) is 134 Å². The summed E-state index contributed by atoms with van der Waals surface area (Å²) in [6.07, 6.45) is 0. The van der Waals surface area contributed by atoms with Gasteiger partial charge in [-0.1, -0.05) is 443 Å². The molecular weight excluding hydrogens is 1530 g/mol. The van der Waals surface area contributed by atoms with Gasteiger partial charge in [-0.3, -0.25) is 0 Å². The minimum Gasteiger partial charge on any atom is -0.208 e. The lowest BCUT2D eigenvalue weighted by Gasteiger charge is -2.18. The molecule has 590 valence electrons. The number of rotatable bonds is 14. The third-order valence-electron chi connectivity index (χ3n) is 23.2. The maximum absolute atomic E-state index is 5.11. The van der Waals surface area contributed by atoms with Crippen LogP contribution in [0, 0.1) is 0 Å². The molecule has 0 unspecified atom stereocenters. The first kappa shape index (κ1) is 76.4. The molecule has 0 amide bonds. The molecule has 23 rings (SSSR count). The van der Waals surface area contributed by atoms with Crippen LogP contribution in [0.5, 0.6) is 0 Å². The van der Waals surface area contributed by atoms with Crippen LogP contribution in [0.25, 0.3) is 223 Å². The average Bonchev–Trinajstić information content (AvgIpc) is 0.738. The van der Waals surface area contributed by atoms with Crippen LogP contribution in [0.4, 0.5) is 0 Å². The molecule has 20 aromatic carbocycles. The van der Waals surface area contributed by atoms with Gasteiger partial charge in [0.2, 0.25) is 0 Å². The number of fused-ring (bicyclic) bond motifs is 9. The number of benzene rings is 20. The molecule has 0 atom stereocenters. The Morgan fingerprint density at radius 1 is 0.111 bits per heavy atom. The van der Waals surface area contributed by atoms with Crippen molar-refractivity contribution in [3.8, 4) is 158 Å². The summed E-state index contributed by atoms with van der Waals surface area (Å²) in [7, 11) is 0. The number of aromatic nitrogens is 9. The molecule has 0 radical (unpaired) electrons. The van der Waals surface area contributed by atoms with Gasteiger partial charge in [0.05, 0.1) is 0 Å². The first-order valence-corrected chi connectivity index (χ1v) is 42.3. The van der Waals surface area contributed by atoms with Crippen LogP contribution in [0.15, 0.2) is 467 Å². The van der Waals surface area contributed by atoms with E-state index >= 15 is 0 Å². The van der Waals surface area contributed by atoms with E-state index in [4.69, 9.17) is 44.9 Å². The minimum absolute atomic E-state index is 0.642. The zero-order chi connectivity index (χ0) is 83.9. The highest BCUT2D eigenvalue weighted by molar-refractivity contribution is 6.17. The summed E-state index contributed by atoms with van der Waals surface area (Å²) in [5.74, 6) is 5.90. The van der Waals surface area contributed by atoms with Crippen molar-refractivity contribution < 1.29 is 0 Å². The fourth-order valence-electron chi connectivity index (χ4n) is 16.9. The van der Waals surface area contributed by atoms with Gasteiger partial charge in [0.25, 0.3) is 0 Å². The largest absolute Gasteiger partial charge is 0.208 e. The Labute approximate surface area is 729 Å². The fraction of sp³-hybridized carbons (Fsp3) is 0. The highest BCUT2D eigenvalue weighted by Gasteiger charge is 2.23. The molecule has 0 aliphatic heterocycles. The van der Waals surface area contributed by atoms with E-state index in [9.17, 15) is 0 Å². The Balaban J connectivity index is 0.000000116. The van der Waals surface area contributed by atoms with E-state index in [1.54, 1.807) is 0 Å². The topological polar surface area (TPSA) is 116 Å². The number of hydrogen-bond acceptors (Lipinski definition) is 9. The summed E-state index contributed by atoms with van der Waals surface area (Å²) in [6, 6.07) is 162. The molecule has 9 heteroatoms. The lowest BCUT2D eigenvalue weighted by molar-refractivity contribution is 1.07. The van der Waals surface area contributed by atoms with Crippen LogP contribution < -0.4 is 0 Å². The van der Waals surface area contributed by atoms with Gasteiger partial charge < -0.3 is 0 Å². The van der Waals surface area contributed by atoms with E-state index in [1.165, 1.54) is 81.7 Å². The monoisotopic (exact) mass is 1610 g/mol. The second-order valence-corrected chi connectivity index (χ2v) is 31.1. The van der Waals surface area contributed by atoms with Crippen LogP contribution >= 0.6 is 0 Å². The lowest BCUT2D eigenvalue weighted by atomic mass is 9.86. The van der Waals surface area contributed by atoms with Crippen LogP contribution in [0.2, 0.25) is 0 Å². The van der Waals surface area contributed by atoms with E-state index in [0.29, 0.717) is 52.4 Å². The predicted octanol–water partition coefficient (Wildman–Crippen LogP) is 29.9. The van der Waals surface area contributed by atoms with Crippen LogP contribution in [0.1, 0.15) is 0 Å². The van der Waals surface area contributed by atoms with E-state index in [-0.39, 0.29) is 0 Å². The smallest absolute Gasteiger partial charge is 0.164 e. The van der Waals surface area contributed by atoms with Crippen molar-refractivity contribution in [3.05, 3.63) is 467 Å². The van der Waals surface area contributed by atoms with Crippen molar-refractivity contribution in [2.75, 3.05) is 0 Å². The van der Waals surface area contributed by atoms with Gasteiger partial charge in [0.1, 0.15) is 0 Å². The maximum atomic E-state index is 5.11. The van der Waals surface area contributed by atoms with E-state index in [0.717, 1.165) is 88.7 Å². The second-order valence-electron chi connectivity index (χ2n) is 31.1. The Bertz CT molecular complexity index is 7730. The maximum Gasteiger partial charge on any atom is 0.164 e. The summed E-state index contributed by atoms with van der Waals surface area (Å²) in [5.41, 5.74) is 20.2. The normalized spacial score (nSPS) is 11.2. The molecular formula is C117H77N9. The average molecular weight is 1610 g/mol. The molecule has 0 aliphatic carbocycles. The second kappa shape index (κ2) is 34.6. The lowest BCUT2D eigenvalue weighted by Crippen LogP contribution is -2.01. The summed E-state index contributed by atoms with van der Waals surface area (Å²) < 4.78 is 0. The Hall–Kier alpha value is -17.0. The Morgan fingerprint density at radius 3 is 0.873 bits per heavy atom. The van der Waals surface area contributed by atoms with Crippen LogP contribution in [0.3, 0.4) is 0 Å². The van der Waals surface area contributed by atoms with Crippen molar-refractivity contribution in [1.29, 1.82) is 0 Å². The van der Waals surface area contributed by atoms with Crippen molar-refractivity contribution >= 4 is 64.6 Å². The predicted molar refractivity (Wildman–Crippen MR) is 521 cm³/mol. The SMILES string of the molecule is c1ccc(-c2ccc(-c3ccc4ccc5cccc(-c6nc(-c7ccccc7)nc(-c7ccccc7)n6)c5c4c3)cc2)cc1.c1ccc(-c2nc(-c3ccccc3)nc(-c3cccc(-c4cc5ccccc5c5ccccc45)c3-c3ccccc3)n2)cc1.c1ccc(-c2nc(-c3ccccc3)nc(-c3cccc(-c4ccc5ccc6ccccc6c5c4)c3)n2)cc1. The van der Waals surface area contributed by atoms with Crippen molar-refractivity contribution in [2.45, 2.75) is 0 Å². The third-order valence-corrected chi connectivity index (χ3v) is 23.2. The Morgan fingerprint density at radius 2 is 0.381 bits per heavy atom. The molecule has 0 spiro atoms. The Kier molecular flexibility index (Phi) is 21.0. The fourth-order valence-corrected chi connectivity index (χ4v) is 16.9. The molecule has 3 aromatic heterocycles. The molecule has 0 fully saturated rings. The minimum atomic E-state index is 0.642. The van der Waals surface area contributed by atoms with Gasteiger partial charge in [0.15, 0.2) is 52.4 Å². The quantitative estimate of drug-likeness (QED) is 0.0981. The summed E-state index contributed by atoms with van der Waals surface area (Å²) >= 11 is 0. The van der Waals surface area contributed by atoms with E-state index < -0.39 is 0 Å². The molecule has 0 saturated heterocycles. The van der Waals surface area contributed by atoms with Crippen molar-refractivity contribution in [1.82, 2.24) is 44.9 Å². The third kappa shape index (κ3) is 15.8. The van der Waals surface area contributed by atoms with Gasteiger partial charge >= 0.3 is 0 Å². The standard InChI is InChI=1S/2C41H27N3.C35H23N3/c1-4-15-28(16-5-1)38-35(37-27-31-21-10-11-22-32(31)33-23-12-13-24-34(33)37)25-14-26-36(38)41-43-39(29-17-6-2-7-18-29)42-40(44-41)30-19-8-3-9-20-30;1-4-11-28(12-5-1)29-19-21-30(22-20-29)35-26-24-31-23-25-32-17-10-18-36(38(32)37(31)27-35)41-43-39(33-13-6-2-7-14-33)42-40(44-41)34-15-8-3-9-16-34;1-3-11-26(12-4-1)33-36-34(27-13-5-2-6-14-27)38-35(37-33)30-16-9-15-28(22-30)29-21-20-25-19-18-24-10-7-8-17-31(24)32(25)23-29/h2*1-27H;1-23H. The zero-order valence-corrected chi connectivity index (χ0v) is 68.5. The molecule has 23 aromatic rings. The highest BCUT2D eigenvalue weighted by Crippen LogP contribution is 2.45. The van der Waals surface area contributed by atoms with Crippen molar-refractivity contribution in [3.63, 3.8) is 0 Å². The van der Waals surface area contributed by atoms with Gasteiger partial charge in [-0.15, -0.1) is 0 Å². The summed E-state index contributed by atoms with van der Waals surface area (Å²) in [5, 5.41) is 14.6. The van der Waals surface area contributed by atoms with Gasteiger partial charge in [0, 0.05) is 61.0 Å². The zero-order valence-electron chi connectivity index (χ0n) is 68.5. The van der Waals surface area contributed by atoms with Crippen LogP contribution in [-0.4, -0.2) is 44.9 Å². The molecule has 126 heavy (non-hydrogen) atoms. The first-order chi connectivity index (χ1) is 62.4.